The van der Waals surface area contributed by atoms with E-state index in [1.54, 1.807) is 13.0 Å². The lowest BCUT2D eigenvalue weighted by molar-refractivity contribution is 0.555. The van der Waals surface area contributed by atoms with Gasteiger partial charge in [0.1, 0.15) is 17.5 Å². The van der Waals surface area contributed by atoms with Crippen molar-refractivity contribution >= 4 is 37.5 Å². The summed E-state index contributed by atoms with van der Waals surface area (Å²) >= 11 is 6.09. The zero-order valence-corrected chi connectivity index (χ0v) is 13.6. The summed E-state index contributed by atoms with van der Waals surface area (Å²) in [6.07, 6.45) is 0. The Kier molecular flexibility index (Phi) is 4.75. The fourth-order valence-corrected chi connectivity index (χ4v) is 2.47. The Morgan fingerprint density at radius 2 is 1.70 bits per heavy atom. The van der Waals surface area contributed by atoms with Gasteiger partial charge in [-0.15, -0.1) is 0 Å². The van der Waals surface area contributed by atoms with Crippen molar-refractivity contribution in [1.29, 1.82) is 0 Å². The van der Waals surface area contributed by atoms with E-state index in [9.17, 15) is 13.2 Å². The predicted octanol–water partition coefficient (Wildman–Crippen LogP) is 5.55. The van der Waals surface area contributed by atoms with Crippen LogP contribution < -0.4 is 5.32 Å². The Bertz CT molecular complexity index is 659. The van der Waals surface area contributed by atoms with Crippen molar-refractivity contribution in [3.8, 4) is 0 Å². The van der Waals surface area contributed by atoms with Crippen LogP contribution in [0.25, 0.3) is 0 Å². The molecule has 0 radical (unpaired) electrons. The van der Waals surface area contributed by atoms with Crippen LogP contribution in [-0.4, -0.2) is 0 Å². The van der Waals surface area contributed by atoms with Crippen molar-refractivity contribution in [2.45, 2.75) is 13.5 Å². The summed E-state index contributed by atoms with van der Waals surface area (Å²) in [7, 11) is 0. The molecule has 106 valence electrons. The van der Waals surface area contributed by atoms with Crippen LogP contribution in [0.3, 0.4) is 0 Å². The highest BCUT2D eigenvalue weighted by molar-refractivity contribution is 9.10. The van der Waals surface area contributed by atoms with Gasteiger partial charge >= 0.3 is 0 Å². The summed E-state index contributed by atoms with van der Waals surface area (Å²) in [6, 6.07) is 5.39. The average molecular weight is 409 g/mol. The lowest BCUT2D eigenvalue weighted by Gasteiger charge is -2.12. The fraction of sp³-hybridized carbons (Fsp3) is 0.143. The highest BCUT2D eigenvalue weighted by Gasteiger charge is 2.13. The zero-order chi connectivity index (χ0) is 14.9. The molecule has 0 saturated carbocycles. The van der Waals surface area contributed by atoms with Crippen molar-refractivity contribution in [3.05, 3.63) is 61.8 Å². The summed E-state index contributed by atoms with van der Waals surface area (Å²) in [5.74, 6) is -1.65. The van der Waals surface area contributed by atoms with E-state index in [1.807, 2.05) is 0 Å². The molecule has 0 aliphatic carbocycles. The standard InChI is InChI=1S/C14H10Br2F3N/c1-7-4-12(18)10(16)5-13(7)20-6-8-11(17)3-2-9(15)14(8)19/h2-5,20H,6H2,1H3. The monoisotopic (exact) mass is 407 g/mol. The number of nitrogens with one attached hydrogen (secondary N) is 1. The Morgan fingerprint density at radius 1 is 1.00 bits per heavy atom. The first-order valence-electron chi connectivity index (χ1n) is 5.72. The molecule has 1 N–H and O–H groups in total. The summed E-state index contributed by atoms with van der Waals surface area (Å²) in [6.45, 7) is 1.68. The molecule has 1 nitrogen and oxygen atoms in total. The van der Waals surface area contributed by atoms with Gasteiger partial charge in [0.25, 0.3) is 0 Å². The van der Waals surface area contributed by atoms with E-state index in [4.69, 9.17) is 0 Å². The molecule has 0 spiro atoms. The number of hydrogen-bond acceptors (Lipinski definition) is 1. The van der Waals surface area contributed by atoms with Crippen molar-refractivity contribution in [2.75, 3.05) is 5.32 Å². The third-order valence-corrected chi connectivity index (χ3v) is 4.08. The topological polar surface area (TPSA) is 12.0 Å². The van der Waals surface area contributed by atoms with Crippen molar-refractivity contribution in [2.24, 2.45) is 0 Å². The SMILES string of the molecule is Cc1cc(F)c(Br)cc1NCc1c(F)ccc(Br)c1F. The quantitative estimate of drug-likeness (QED) is 0.656. The summed E-state index contributed by atoms with van der Waals surface area (Å²) in [5.41, 5.74) is 1.19. The maximum Gasteiger partial charge on any atom is 0.145 e. The highest BCUT2D eigenvalue weighted by Crippen LogP contribution is 2.26. The molecule has 0 bridgehead atoms. The van der Waals surface area contributed by atoms with E-state index < -0.39 is 11.6 Å². The minimum Gasteiger partial charge on any atom is -0.380 e. The van der Waals surface area contributed by atoms with Gasteiger partial charge in [0, 0.05) is 17.8 Å². The Balaban J connectivity index is 2.26. The van der Waals surface area contributed by atoms with Gasteiger partial charge < -0.3 is 5.32 Å². The van der Waals surface area contributed by atoms with Gasteiger partial charge in [0.2, 0.25) is 0 Å². The van der Waals surface area contributed by atoms with Crippen LogP contribution in [0.15, 0.2) is 33.2 Å². The number of halogens is 5. The van der Waals surface area contributed by atoms with Crippen molar-refractivity contribution < 1.29 is 13.2 Å². The van der Waals surface area contributed by atoms with Gasteiger partial charge in [-0.2, -0.15) is 0 Å². The van der Waals surface area contributed by atoms with E-state index in [2.05, 4.69) is 37.2 Å². The third kappa shape index (κ3) is 3.17. The molecule has 2 rings (SSSR count). The van der Waals surface area contributed by atoms with E-state index in [1.165, 1.54) is 18.2 Å². The van der Waals surface area contributed by atoms with Crippen LogP contribution in [0.5, 0.6) is 0 Å². The molecule has 0 aliphatic heterocycles. The zero-order valence-electron chi connectivity index (χ0n) is 10.4. The first-order chi connectivity index (χ1) is 9.40. The van der Waals surface area contributed by atoms with Crippen molar-refractivity contribution in [1.82, 2.24) is 0 Å². The smallest absolute Gasteiger partial charge is 0.145 e. The predicted molar refractivity (Wildman–Crippen MR) is 80.2 cm³/mol. The maximum absolute atomic E-state index is 13.8. The normalized spacial score (nSPS) is 10.7. The summed E-state index contributed by atoms with van der Waals surface area (Å²) in [4.78, 5) is 0. The minimum atomic E-state index is -0.642. The number of anilines is 1. The Labute approximate surface area is 131 Å². The lowest BCUT2D eigenvalue weighted by Crippen LogP contribution is -2.06. The number of benzene rings is 2. The second-order valence-electron chi connectivity index (χ2n) is 4.26. The van der Waals surface area contributed by atoms with E-state index >= 15 is 0 Å². The van der Waals surface area contributed by atoms with Gasteiger partial charge in [0.05, 0.1) is 8.95 Å². The van der Waals surface area contributed by atoms with E-state index in [-0.39, 0.29) is 22.4 Å². The number of rotatable bonds is 3. The maximum atomic E-state index is 13.8. The molecule has 0 aromatic heterocycles. The highest BCUT2D eigenvalue weighted by atomic mass is 79.9. The van der Waals surface area contributed by atoms with Gasteiger partial charge in [-0.25, -0.2) is 13.2 Å². The average Bonchev–Trinajstić information content (AvgIpc) is 2.40. The molecule has 0 unspecified atom stereocenters. The third-order valence-electron chi connectivity index (χ3n) is 2.86. The van der Waals surface area contributed by atoms with Crippen LogP contribution in [0.1, 0.15) is 11.1 Å². The Morgan fingerprint density at radius 3 is 2.40 bits per heavy atom. The molecule has 2 aromatic rings. The second kappa shape index (κ2) is 6.18. The van der Waals surface area contributed by atoms with Crippen LogP contribution in [0, 0.1) is 24.4 Å². The number of aryl methyl sites for hydroxylation is 1. The Hall–Kier alpha value is -1.01. The molecule has 0 saturated heterocycles. The van der Waals surface area contributed by atoms with Gasteiger partial charge in [-0.1, -0.05) is 0 Å². The van der Waals surface area contributed by atoms with Gasteiger partial charge in [0.15, 0.2) is 0 Å². The summed E-state index contributed by atoms with van der Waals surface area (Å²) in [5, 5.41) is 2.91. The first kappa shape index (κ1) is 15.4. The van der Waals surface area contributed by atoms with E-state index in [0.717, 1.165) is 0 Å². The summed E-state index contributed by atoms with van der Waals surface area (Å²) < 4.78 is 41.2. The molecule has 0 atom stereocenters. The molecular weight excluding hydrogens is 399 g/mol. The molecule has 0 fully saturated rings. The lowest BCUT2D eigenvalue weighted by atomic mass is 10.1. The van der Waals surface area contributed by atoms with E-state index in [0.29, 0.717) is 15.7 Å². The fourth-order valence-electron chi connectivity index (χ4n) is 1.75. The van der Waals surface area contributed by atoms with Crippen molar-refractivity contribution in [3.63, 3.8) is 0 Å². The number of hydrogen-bond donors (Lipinski definition) is 1. The minimum absolute atomic E-state index is 0.0317. The second-order valence-corrected chi connectivity index (χ2v) is 5.97. The molecule has 6 heteroatoms. The van der Waals surface area contributed by atoms with Crippen LogP contribution in [0.4, 0.5) is 18.9 Å². The van der Waals surface area contributed by atoms with Crippen LogP contribution in [0.2, 0.25) is 0 Å². The van der Waals surface area contributed by atoms with Crippen LogP contribution in [-0.2, 0) is 6.54 Å². The van der Waals surface area contributed by atoms with Gasteiger partial charge in [-0.05, 0) is 68.6 Å². The van der Waals surface area contributed by atoms with Gasteiger partial charge in [-0.3, -0.25) is 0 Å². The largest absolute Gasteiger partial charge is 0.380 e. The molecule has 0 amide bonds. The molecule has 0 heterocycles. The molecule has 2 aromatic carbocycles. The molecular formula is C14H10Br2F3N. The first-order valence-corrected chi connectivity index (χ1v) is 7.30. The molecule has 0 aliphatic rings. The van der Waals surface area contributed by atoms with Crippen LogP contribution >= 0.6 is 31.9 Å². The molecule has 20 heavy (non-hydrogen) atoms.